The molecule has 7 heteroatoms. The number of aliphatic hydroxyl groups is 1. The molecule has 4 atom stereocenters. The van der Waals surface area contributed by atoms with Crippen molar-refractivity contribution in [3.05, 3.63) is 35.9 Å². The SMILES string of the molecule is CC(C)C[C@@H](CO)NC(=O)C1O[C@@H]2CN(Cc3ccccc3)C(=O)[C@H]1O2. The van der Waals surface area contributed by atoms with Crippen molar-refractivity contribution in [2.45, 2.75) is 51.4 Å². The molecule has 0 aromatic heterocycles. The van der Waals surface area contributed by atoms with Crippen LogP contribution >= 0.6 is 0 Å². The van der Waals surface area contributed by atoms with Gasteiger partial charge in [-0.3, -0.25) is 9.59 Å². The van der Waals surface area contributed by atoms with E-state index in [1.54, 1.807) is 4.90 Å². The van der Waals surface area contributed by atoms with Gasteiger partial charge in [-0.1, -0.05) is 44.2 Å². The Labute approximate surface area is 153 Å². The van der Waals surface area contributed by atoms with Gasteiger partial charge in [0.05, 0.1) is 19.2 Å². The average molecular weight is 362 g/mol. The van der Waals surface area contributed by atoms with Gasteiger partial charge in [-0.15, -0.1) is 0 Å². The monoisotopic (exact) mass is 362 g/mol. The number of morpholine rings is 1. The van der Waals surface area contributed by atoms with Gasteiger partial charge in [0.1, 0.15) is 0 Å². The molecule has 2 aliphatic rings. The second kappa shape index (κ2) is 8.16. The van der Waals surface area contributed by atoms with Gasteiger partial charge in [0.25, 0.3) is 11.8 Å². The topological polar surface area (TPSA) is 88.1 Å². The number of hydrogen-bond acceptors (Lipinski definition) is 5. The molecule has 2 aliphatic heterocycles. The van der Waals surface area contributed by atoms with Crippen LogP contribution in [-0.2, 0) is 25.6 Å². The molecule has 1 aromatic carbocycles. The van der Waals surface area contributed by atoms with Crippen LogP contribution in [0, 0.1) is 5.92 Å². The lowest BCUT2D eigenvalue weighted by Gasteiger charge is -2.30. The molecule has 0 saturated carbocycles. The standard InChI is InChI=1S/C19H26N2O5/c1-12(2)8-14(11-22)20-18(23)16-17-19(24)21(10-15(25-16)26-17)9-13-6-4-3-5-7-13/h3-7,12,14-17,22H,8-11H2,1-2H3,(H,20,23)/t14-,15-,16?,17-/m0/s1. The van der Waals surface area contributed by atoms with E-state index in [-0.39, 0.29) is 18.6 Å². The lowest BCUT2D eigenvalue weighted by atomic mass is 10.0. The Kier molecular flexibility index (Phi) is 5.90. The van der Waals surface area contributed by atoms with Crippen molar-refractivity contribution in [3.8, 4) is 0 Å². The normalized spacial score (nSPS) is 26.2. The average Bonchev–Trinajstić information content (AvgIpc) is 2.99. The van der Waals surface area contributed by atoms with E-state index in [0.717, 1.165) is 5.56 Å². The predicted molar refractivity (Wildman–Crippen MR) is 93.9 cm³/mol. The molecule has 0 spiro atoms. The molecule has 2 N–H and O–H groups in total. The summed E-state index contributed by atoms with van der Waals surface area (Å²) in [6, 6.07) is 9.31. The van der Waals surface area contributed by atoms with Crippen LogP contribution in [0.1, 0.15) is 25.8 Å². The van der Waals surface area contributed by atoms with Crippen LogP contribution < -0.4 is 5.32 Å². The number of benzene rings is 1. The molecule has 26 heavy (non-hydrogen) atoms. The van der Waals surface area contributed by atoms with E-state index in [9.17, 15) is 14.7 Å². The number of nitrogens with one attached hydrogen (secondary N) is 1. The minimum absolute atomic E-state index is 0.153. The van der Waals surface area contributed by atoms with E-state index in [4.69, 9.17) is 9.47 Å². The number of aliphatic hydroxyl groups excluding tert-OH is 1. The molecule has 2 fully saturated rings. The second-order valence-electron chi connectivity index (χ2n) is 7.26. The van der Waals surface area contributed by atoms with Crippen molar-refractivity contribution < 1.29 is 24.2 Å². The lowest BCUT2D eigenvalue weighted by molar-refractivity contribution is -0.162. The first-order chi connectivity index (χ1) is 12.5. The van der Waals surface area contributed by atoms with E-state index in [2.05, 4.69) is 5.32 Å². The highest BCUT2D eigenvalue weighted by Crippen LogP contribution is 2.28. The highest BCUT2D eigenvalue weighted by Gasteiger charge is 2.51. The highest BCUT2D eigenvalue weighted by molar-refractivity contribution is 5.92. The Balaban J connectivity index is 1.63. The third kappa shape index (κ3) is 4.23. The summed E-state index contributed by atoms with van der Waals surface area (Å²) in [6.45, 7) is 4.63. The van der Waals surface area contributed by atoms with Gasteiger partial charge >= 0.3 is 0 Å². The van der Waals surface area contributed by atoms with Crippen LogP contribution in [0.3, 0.4) is 0 Å². The van der Waals surface area contributed by atoms with Gasteiger partial charge in [-0.25, -0.2) is 0 Å². The molecule has 1 aromatic rings. The molecule has 0 aliphatic carbocycles. The van der Waals surface area contributed by atoms with Crippen molar-refractivity contribution in [1.82, 2.24) is 10.2 Å². The fraction of sp³-hybridized carbons (Fsp3) is 0.579. The number of carbonyl (C=O) groups is 2. The van der Waals surface area contributed by atoms with Crippen LogP contribution in [-0.4, -0.2) is 59.5 Å². The minimum atomic E-state index is -0.977. The first kappa shape index (κ1) is 18.8. The van der Waals surface area contributed by atoms with Crippen LogP contribution in [0.2, 0.25) is 0 Å². The summed E-state index contributed by atoms with van der Waals surface area (Å²) in [5.74, 6) is -0.324. The Hall–Kier alpha value is -1.96. The first-order valence-electron chi connectivity index (χ1n) is 9.02. The molecule has 3 rings (SSSR count). The van der Waals surface area contributed by atoms with Crippen LogP contribution in [0.25, 0.3) is 0 Å². The first-order valence-corrected chi connectivity index (χ1v) is 9.02. The van der Waals surface area contributed by atoms with Crippen molar-refractivity contribution in [2.24, 2.45) is 5.92 Å². The van der Waals surface area contributed by atoms with Crippen molar-refractivity contribution in [3.63, 3.8) is 0 Å². The maximum atomic E-state index is 12.7. The fourth-order valence-electron chi connectivity index (χ4n) is 3.40. The summed E-state index contributed by atoms with van der Waals surface area (Å²) >= 11 is 0. The number of hydrogen-bond donors (Lipinski definition) is 2. The van der Waals surface area contributed by atoms with Crippen molar-refractivity contribution >= 4 is 11.8 Å². The molecule has 1 unspecified atom stereocenters. The molecule has 2 heterocycles. The molecular formula is C19H26N2O5. The van der Waals surface area contributed by atoms with Gasteiger partial charge in [0.2, 0.25) is 0 Å². The lowest BCUT2D eigenvalue weighted by Crippen LogP contribution is -2.52. The summed E-state index contributed by atoms with van der Waals surface area (Å²) < 4.78 is 11.2. The van der Waals surface area contributed by atoms with E-state index in [1.807, 2.05) is 44.2 Å². The number of amides is 2. The molecule has 2 amide bonds. The van der Waals surface area contributed by atoms with E-state index >= 15 is 0 Å². The number of nitrogens with zero attached hydrogens (tertiary/aromatic N) is 1. The van der Waals surface area contributed by atoms with Gasteiger partial charge in [0.15, 0.2) is 18.5 Å². The van der Waals surface area contributed by atoms with E-state index < -0.39 is 24.4 Å². The molecule has 142 valence electrons. The predicted octanol–water partition coefficient (Wildman–Crippen LogP) is 0.662. The summed E-state index contributed by atoms with van der Waals surface area (Å²) in [6.07, 6.45) is -1.86. The third-order valence-electron chi connectivity index (χ3n) is 4.59. The van der Waals surface area contributed by atoms with Crippen LogP contribution in [0.4, 0.5) is 0 Å². The quantitative estimate of drug-likeness (QED) is 0.744. The zero-order valence-electron chi connectivity index (χ0n) is 15.1. The van der Waals surface area contributed by atoms with Gasteiger partial charge in [-0.05, 0) is 17.9 Å². The molecule has 2 bridgehead atoms. The zero-order chi connectivity index (χ0) is 18.7. The summed E-state index contributed by atoms with van der Waals surface area (Å²) in [5.41, 5.74) is 1.01. The molecule has 2 saturated heterocycles. The minimum Gasteiger partial charge on any atom is -0.394 e. The third-order valence-corrected chi connectivity index (χ3v) is 4.59. The van der Waals surface area contributed by atoms with Crippen LogP contribution in [0.15, 0.2) is 30.3 Å². The smallest absolute Gasteiger partial charge is 0.255 e. The molecule has 7 nitrogen and oxygen atoms in total. The molecular weight excluding hydrogens is 336 g/mol. The number of rotatable bonds is 7. The molecule has 0 radical (unpaired) electrons. The van der Waals surface area contributed by atoms with Crippen LogP contribution in [0.5, 0.6) is 0 Å². The number of ether oxygens (including phenoxy) is 2. The van der Waals surface area contributed by atoms with Gasteiger partial charge in [-0.2, -0.15) is 0 Å². The number of fused-ring (bicyclic) bond motifs is 2. The largest absolute Gasteiger partial charge is 0.394 e. The van der Waals surface area contributed by atoms with Gasteiger partial charge < -0.3 is 24.8 Å². The highest BCUT2D eigenvalue weighted by atomic mass is 16.7. The van der Waals surface area contributed by atoms with E-state index in [1.165, 1.54) is 0 Å². The second-order valence-corrected chi connectivity index (χ2v) is 7.26. The Morgan fingerprint density at radius 3 is 2.69 bits per heavy atom. The van der Waals surface area contributed by atoms with Crippen molar-refractivity contribution in [2.75, 3.05) is 13.2 Å². The fourth-order valence-corrected chi connectivity index (χ4v) is 3.40. The summed E-state index contributed by atoms with van der Waals surface area (Å²) in [7, 11) is 0. The maximum absolute atomic E-state index is 12.7. The summed E-state index contributed by atoms with van der Waals surface area (Å²) in [4.78, 5) is 26.9. The maximum Gasteiger partial charge on any atom is 0.255 e. The Bertz CT molecular complexity index is 636. The summed E-state index contributed by atoms with van der Waals surface area (Å²) in [5, 5.41) is 12.2. The van der Waals surface area contributed by atoms with E-state index in [0.29, 0.717) is 25.4 Å². The van der Waals surface area contributed by atoms with Gasteiger partial charge in [0, 0.05) is 6.54 Å². The number of carbonyl (C=O) groups excluding carboxylic acids is 2. The Morgan fingerprint density at radius 1 is 1.31 bits per heavy atom. The Morgan fingerprint density at radius 2 is 2.04 bits per heavy atom. The zero-order valence-corrected chi connectivity index (χ0v) is 15.1. The van der Waals surface area contributed by atoms with Crippen molar-refractivity contribution in [1.29, 1.82) is 0 Å².